The number of guanidine groups is 1. The van der Waals surface area contributed by atoms with Crippen LogP contribution in [0.15, 0.2) is 46.0 Å². The van der Waals surface area contributed by atoms with Gasteiger partial charge in [0.15, 0.2) is 5.96 Å². The van der Waals surface area contributed by atoms with Crippen molar-refractivity contribution in [2.75, 3.05) is 33.7 Å². The van der Waals surface area contributed by atoms with Gasteiger partial charge < -0.3 is 20.0 Å². The molecule has 1 fully saturated rings. The van der Waals surface area contributed by atoms with Crippen LogP contribution < -0.4 is 10.6 Å². The van der Waals surface area contributed by atoms with Gasteiger partial charge in [-0.3, -0.25) is 4.99 Å². The monoisotopic (exact) mass is 341 g/mol. The molecule has 1 unspecified atom stereocenters. The number of nitrogens with one attached hydrogen (secondary N) is 2. The number of rotatable bonds is 5. The van der Waals surface area contributed by atoms with Gasteiger partial charge in [-0.25, -0.2) is 4.98 Å². The molecule has 2 N–H and O–H groups in total. The van der Waals surface area contributed by atoms with E-state index in [0.717, 1.165) is 30.3 Å². The van der Waals surface area contributed by atoms with E-state index in [2.05, 4.69) is 32.6 Å². The molecular formula is C19H27N5O. The van der Waals surface area contributed by atoms with Gasteiger partial charge in [0.1, 0.15) is 6.26 Å². The number of hydrogen-bond acceptors (Lipinski definition) is 4. The summed E-state index contributed by atoms with van der Waals surface area (Å²) >= 11 is 0. The van der Waals surface area contributed by atoms with E-state index in [4.69, 9.17) is 4.42 Å². The van der Waals surface area contributed by atoms with Crippen molar-refractivity contribution >= 4 is 5.96 Å². The molecule has 0 saturated carbocycles. The lowest BCUT2D eigenvalue weighted by Gasteiger charge is -2.30. The third kappa shape index (κ3) is 5.06. The highest BCUT2D eigenvalue weighted by Crippen LogP contribution is 2.17. The molecule has 6 nitrogen and oxygen atoms in total. The van der Waals surface area contributed by atoms with Gasteiger partial charge in [0.2, 0.25) is 5.89 Å². The second-order valence-corrected chi connectivity index (χ2v) is 6.59. The summed E-state index contributed by atoms with van der Waals surface area (Å²) in [5.74, 6) is 2.12. The molecule has 0 bridgehead atoms. The summed E-state index contributed by atoms with van der Waals surface area (Å²) in [5, 5.41) is 6.73. The number of oxazole rings is 1. The Labute approximate surface area is 149 Å². The van der Waals surface area contributed by atoms with Crippen LogP contribution in [0.4, 0.5) is 0 Å². The molecule has 0 amide bonds. The number of nitrogens with zero attached hydrogens (tertiary/aromatic N) is 3. The fourth-order valence-electron chi connectivity index (χ4n) is 3.18. The molecule has 1 atom stereocenters. The van der Waals surface area contributed by atoms with Gasteiger partial charge in [-0.15, -0.1) is 0 Å². The molecule has 1 aromatic carbocycles. The maximum absolute atomic E-state index is 5.57. The Morgan fingerprint density at radius 2 is 2.16 bits per heavy atom. The zero-order chi connectivity index (χ0) is 17.5. The Hall–Kier alpha value is -2.34. The smallest absolute Gasteiger partial charge is 0.226 e. The maximum Gasteiger partial charge on any atom is 0.226 e. The lowest BCUT2D eigenvalue weighted by atomic mass is 9.99. The Balaban J connectivity index is 1.47. The molecule has 1 aromatic heterocycles. The maximum atomic E-state index is 5.57. The fraction of sp³-hybridized carbons (Fsp3) is 0.474. The van der Waals surface area contributed by atoms with Crippen LogP contribution in [0, 0.1) is 5.92 Å². The molecule has 0 spiro atoms. The van der Waals surface area contributed by atoms with Crippen LogP contribution in [0.25, 0.3) is 11.5 Å². The summed E-state index contributed by atoms with van der Waals surface area (Å²) in [6, 6.07) is 9.92. The molecular weight excluding hydrogens is 314 g/mol. The molecule has 0 radical (unpaired) electrons. The molecule has 3 rings (SSSR count). The van der Waals surface area contributed by atoms with Gasteiger partial charge in [0.05, 0.1) is 12.2 Å². The van der Waals surface area contributed by atoms with Crippen molar-refractivity contribution in [2.45, 2.75) is 19.4 Å². The second-order valence-electron chi connectivity index (χ2n) is 6.59. The van der Waals surface area contributed by atoms with E-state index < -0.39 is 0 Å². The normalized spacial score (nSPS) is 19.0. The molecule has 1 aliphatic rings. The number of likely N-dealkylation sites (tertiary alicyclic amines) is 1. The number of benzene rings is 1. The van der Waals surface area contributed by atoms with E-state index in [1.54, 1.807) is 13.3 Å². The number of hydrogen-bond donors (Lipinski definition) is 2. The number of aromatic nitrogens is 1. The van der Waals surface area contributed by atoms with E-state index in [1.807, 2.05) is 30.3 Å². The predicted molar refractivity (Wildman–Crippen MR) is 100 cm³/mol. The number of piperidine rings is 1. The minimum atomic E-state index is 0.584. The average Bonchev–Trinajstić information content (AvgIpc) is 3.12. The minimum absolute atomic E-state index is 0.584. The van der Waals surface area contributed by atoms with Crippen LogP contribution in [0.2, 0.25) is 0 Å². The summed E-state index contributed by atoms with van der Waals surface area (Å²) in [4.78, 5) is 11.2. The molecule has 2 aromatic rings. The van der Waals surface area contributed by atoms with Gasteiger partial charge in [-0.05, 0) is 44.5 Å². The van der Waals surface area contributed by atoms with Crippen molar-refractivity contribution in [3.05, 3.63) is 42.3 Å². The van der Waals surface area contributed by atoms with Crippen LogP contribution in [0.5, 0.6) is 0 Å². The van der Waals surface area contributed by atoms with E-state index in [-0.39, 0.29) is 0 Å². The molecule has 1 aliphatic heterocycles. The van der Waals surface area contributed by atoms with Crippen molar-refractivity contribution in [3.8, 4) is 11.5 Å². The van der Waals surface area contributed by atoms with Crippen LogP contribution in [0.1, 0.15) is 18.5 Å². The lowest BCUT2D eigenvalue weighted by Crippen LogP contribution is -2.43. The molecule has 134 valence electrons. The minimum Gasteiger partial charge on any atom is -0.444 e. The number of aliphatic imine (C=N–C) groups is 1. The summed E-state index contributed by atoms with van der Waals surface area (Å²) in [6.07, 6.45) is 4.24. The third-order valence-electron chi connectivity index (χ3n) is 4.51. The van der Waals surface area contributed by atoms with Crippen LogP contribution in [-0.2, 0) is 6.54 Å². The SMILES string of the molecule is CN=C(NCc1coc(-c2ccccc2)n1)NCC1CCCN(C)C1. The van der Waals surface area contributed by atoms with Crippen molar-refractivity contribution in [3.63, 3.8) is 0 Å². The molecule has 1 saturated heterocycles. The average molecular weight is 341 g/mol. The Morgan fingerprint density at radius 3 is 2.92 bits per heavy atom. The topological polar surface area (TPSA) is 65.7 Å². The molecule has 2 heterocycles. The quantitative estimate of drug-likeness (QED) is 0.645. The van der Waals surface area contributed by atoms with Gasteiger partial charge in [0.25, 0.3) is 0 Å². The molecule has 25 heavy (non-hydrogen) atoms. The van der Waals surface area contributed by atoms with E-state index in [1.165, 1.54) is 19.4 Å². The lowest BCUT2D eigenvalue weighted by molar-refractivity contribution is 0.210. The van der Waals surface area contributed by atoms with E-state index in [9.17, 15) is 0 Å². The third-order valence-corrected chi connectivity index (χ3v) is 4.51. The van der Waals surface area contributed by atoms with Crippen molar-refractivity contribution in [1.82, 2.24) is 20.5 Å². The summed E-state index contributed by atoms with van der Waals surface area (Å²) in [5.41, 5.74) is 1.84. The van der Waals surface area contributed by atoms with Crippen LogP contribution in [0.3, 0.4) is 0 Å². The van der Waals surface area contributed by atoms with Gasteiger partial charge in [-0.2, -0.15) is 0 Å². The van der Waals surface area contributed by atoms with Crippen molar-refractivity contribution < 1.29 is 4.42 Å². The summed E-state index contributed by atoms with van der Waals surface area (Å²) in [6.45, 7) is 3.88. The molecule has 6 heteroatoms. The standard InChI is InChI=1S/C19H27N5O/c1-20-19(21-11-15-7-6-10-24(2)13-15)22-12-17-14-25-18(23-17)16-8-4-3-5-9-16/h3-5,8-9,14-15H,6-7,10-13H2,1-2H3,(H2,20,21,22). The highest BCUT2D eigenvalue weighted by Gasteiger charge is 2.17. The van der Waals surface area contributed by atoms with Gasteiger partial charge in [-0.1, -0.05) is 18.2 Å². The highest BCUT2D eigenvalue weighted by atomic mass is 16.3. The Kier molecular flexibility index (Phi) is 6.06. The van der Waals surface area contributed by atoms with Crippen molar-refractivity contribution in [2.24, 2.45) is 10.9 Å². The zero-order valence-electron chi connectivity index (χ0n) is 15.0. The fourth-order valence-corrected chi connectivity index (χ4v) is 3.18. The van der Waals surface area contributed by atoms with E-state index in [0.29, 0.717) is 18.4 Å². The summed E-state index contributed by atoms with van der Waals surface area (Å²) in [7, 11) is 3.98. The van der Waals surface area contributed by atoms with Gasteiger partial charge >= 0.3 is 0 Å². The van der Waals surface area contributed by atoms with Crippen LogP contribution >= 0.6 is 0 Å². The first-order valence-corrected chi connectivity index (χ1v) is 8.87. The Bertz CT molecular complexity index is 682. The largest absolute Gasteiger partial charge is 0.444 e. The highest BCUT2D eigenvalue weighted by molar-refractivity contribution is 5.79. The first-order chi connectivity index (χ1) is 12.2. The van der Waals surface area contributed by atoms with Crippen molar-refractivity contribution in [1.29, 1.82) is 0 Å². The summed E-state index contributed by atoms with van der Waals surface area (Å²) < 4.78 is 5.57. The van der Waals surface area contributed by atoms with E-state index >= 15 is 0 Å². The molecule has 0 aliphatic carbocycles. The van der Waals surface area contributed by atoms with Gasteiger partial charge in [0, 0.05) is 25.7 Å². The first-order valence-electron chi connectivity index (χ1n) is 8.87. The van der Waals surface area contributed by atoms with Crippen LogP contribution in [-0.4, -0.2) is 49.6 Å². The Morgan fingerprint density at radius 1 is 1.32 bits per heavy atom. The first kappa shape index (κ1) is 17.5. The zero-order valence-corrected chi connectivity index (χ0v) is 15.0. The second kappa shape index (κ2) is 8.67. The predicted octanol–water partition coefficient (Wildman–Crippen LogP) is 2.35.